The third-order valence-electron chi connectivity index (χ3n) is 3.85. The summed E-state index contributed by atoms with van der Waals surface area (Å²) in [6, 6.07) is 13.3. The molecule has 0 atom stereocenters. The number of thiocarbonyl (C=S) groups is 1. The van der Waals surface area contributed by atoms with Gasteiger partial charge in [0.1, 0.15) is 15.8 Å². The molecule has 0 aliphatic carbocycles. The van der Waals surface area contributed by atoms with E-state index in [4.69, 9.17) is 21.7 Å². The van der Waals surface area contributed by atoms with E-state index in [9.17, 15) is 4.79 Å². The van der Waals surface area contributed by atoms with Crippen LogP contribution in [0.2, 0.25) is 0 Å². The number of benzene rings is 2. The standard InChI is InChI=1S/C19H16BrNO3S2/c1-23-15-6-3-12(4-7-15)11-21-18(22)17(26-19(21)25)10-13-9-14(20)5-8-16(13)24-2/h3-10H,11H2,1-2H3/b17-10-. The number of thioether (sulfide) groups is 1. The minimum atomic E-state index is -0.0992. The van der Waals surface area contributed by atoms with Crippen molar-refractivity contribution in [3.8, 4) is 11.5 Å². The second-order valence-corrected chi connectivity index (χ2v) is 8.09. The number of halogens is 1. The summed E-state index contributed by atoms with van der Waals surface area (Å²) >= 11 is 10.2. The van der Waals surface area contributed by atoms with Crippen molar-refractivity contribution in [2.24, 2.45) is 0 Å². The van der Waals surface area contributed by atoms with Crippen molar-refractivity contribution in [2.45, 2.75) is 6.54 Å². The van der Waals surface area contributed by atoms with Crippen LogP contribution in [0.1, 0.15) is 11.1 Å². The summed E-state index contributed by atoms with van der Waals surface area (Å²) in [6.07, 6.45) is 1.82. The number of hydrogen-bond donors (Lipinski definition) is 0. The van der Waals surface area contributed by atoms with E-state index in [0.29, 0.717) is 21.5 Å². The van der Waals surface area contributed by atoms with Gasteiger partial charge in [-0.15, -0.1) is 0 Å². The minimum Gasteiger partial charge on any atom is -0.497 e. The van der Waals surface area contributed by atoms with E-state index < -0.39 is 0 Å². The Bertz CT molecular complexity index is 881. The summed E-state index contributed by atoms with van der Waals surface area (Å²) < 4.78 is 12.0. The number of amides is 1. The van der Waals surface area contributed by atoms with Gasteiger partial charge in [0.15, 0.2) is 0 Å². The van der Waals surface area contributed by atoms with Gasteiger partial charge in [0, 0.05) is 10.0 Å². The number of ether oxygens (including phenoxy) is 2. The van der Waals surface area contributed by atoms with Crippen LogP contribution in [0.25, 0.3) is 6.08 Å². The summed E-state index contributed by atoms with van der Waals surface area (Å²) in [5, 5.41) is 0. The minimum absolute atomic E-state index is 0.0992. The zero-order valence-corrected chi connectivity index (χ0v) is 17.4. The van der Waals surface area contributed by atoms with Crippen molar-refractivity contribution in [2.75, 3.05) is 14.2 Å². The molecular formula is C19H16BrNO3S2. The van der Waals surface area contributed by atoms with Crippen LogP contribution in [0, 0.1) is 0 Å². The normalized spacial score (nSPS) is 15.7. The Morgan fingerprint density at radius 2 is 1.88 bits per heavy atom. The summed E-state index contributed by atoms with van der Waals surface area (Å²) in [6.45, 7) is 0.432. The van der Waals surface area contributed by atoms with Gasteiger partial charge < -0.3 is 9.47 Å². The van der Waals surface area contributed by atoms with E-state index in [0.717, 1.165) is 21.3 Å². The van der Waals surface area contributed by atoms with Crippen LogP contribution in [0.3, 0.4) is 0 Å². The Morgan fingerprint density at radius 1 is 1.15 bits per heavy atom. The predicted molar refractivity (Wildman–Crippen MR) is 112 cm³/mol. The van der Waals surface area contributed by atoms with Crippen LogP contribution in [-0.4, -0.2) is 29.3 Å². The third-order valence-corrected chi connectivity index (χ3v) is 5.72. The lowest BCUT2D eigenvalue weighted by Gasteiger charge is -2.14. The molecule has 1 amide bonds. The van der Waals surface area contributed by atoms with Gasteiger partial charge in [-0.3, -0.25) is 9.69 Å². The number of hydrogen-bond acceptors (Lipinski definition) is 5. The number of carbonyl (C=O) groups excluding carboxylic acids is 1. The monoisotopic (exact) mass is 449 g/mol. The van der Waals surface area contributed by atoms with E-state index >= 15 is 0 Å². The van der Waals surface area contributed by atoms with Gasteiger partial charge in [0.05, 0.1) is 25.7 Å². The first kappa shape index (κ1) is 18.9. The molecule has 1 saturated heterocycles. The highest BCUT2D eigenvalue weighted by molar-refractivity contribution is 9.10. The van der Waals surface area contributed by atoms with Crippen LogP contribution >= 0.6 is 39.9 Å². The number of methoxy groups -OCH3 is 2. The Balaban J connectivity index is 1.83. The van der Waals surface area contributed by atoms with Crippen LogP contribution in [-0.2, 0) is 11.3 Å². The van der Waals surface area contributed by atoms with Gasteiger partial charge in [-0.2, -0.15) is 0 Å². The van der Waals surface area contributed by atoms with Gasteiger partial charge >= 0.3 is 0 Å². The molecule has 0 spiro atoms. The van der Waals surface area contributed by atoms with Crippen LogP contribution in [0.5, 0.6) is 11.5 Å². The average Bonchev–Trinajstić information content (AvgIpc) is 2.90. The van der Waals surface area contributed by atoms with E-state index in [1.165, 1.54) is 11.8 Å². The molecule has 1 aliphatic heterocycles. The van der Waals surface area contributed by atoms with Crippen molar-refractivity contribution in [1.82, 2.24) is 4.90 Å². The molecule has 0 radical (unpaired) electrons. The summed E-state index contributed by atoms with van der Waals surface area (Å²) in [5.74, 6) is 1.38. The van der Waals surface area contributed by atoms with E-state index in [2.05, 4.69) is 15.9 Å². The lowest BCUT2D eigenvalue weighted by molar-refractivity contribution is -0.122. The zero-order chi connectivity index (χ0) is 18.7. The maximum atomic E-state index is 12.8. The highest BCUT2D eigenvalue weighted by Gasteiger charge is 2.32. The Hall–Kier alpha value is -1.83. The number of carbonyl (C=O) groups is 1. The molecule has 7 heteroatoms. The van der Waals surface area contributed by atoms with Crippen molar-refractivity contribution >= 4 is 56.2 Å². The largest absolute Gasteiger partial charge is 0.497 e. The molecule has 2 aromatic carbocycles. The third kappa shape index (κ3) is 4.11. The first-order valence-corrected chi connectivity index (χ1v) is 9.75. The van der Waals surface area contributed by atoms with Gasteiger partial charge in [-0.05, 0) is 42.0 Å². The summed E-state index contributed by atoms with van der Waals surface area (Å²) in [4.78, 5) is 15.0. The fraction of sp³-hybridized carbons (Fsp3) is 0.158. The van der Waals surface area contributed by atoms with Gasteiger partial charge in [0.25, 0.3) is 5.91 Å². The lowest BCUT2D eigenvalue weighted by Crippen LogP contribution is -2.27. The Morgan fingerprint density at radius 3 is 2.54 bits per heavy atom. The second-order valence-electron chi connectivity index (χ2n) is 5.50. The second kappa shape index (κ2) is 8.24. The molecule has 1 heterocycles. The molecular weight excluding hydrogens is 434 g/mol. The van der Waals surface area contributed by atoms with E-state index in [1.54, 1.807) is 19.1 Å². The smallest absolute Gasteiger partial charge is 0.266 e. The van der Waals surface area contributed by atoms with Crippen molar-refractivity contribution in [1.29, 1.82) is 0 Å². The van der Waals surface area contributed by atoms with Gasteiger partial charge in [-0.1, -0.05) is 52.0 Å². The summed E-state index contributed by atoms with van der Waals surface area (Å²) in [7, 11) is 3.23. The number of rotatable bonds is 5. The Kier molecular flexibility index (Phi) is 6.01. The van der Waals surface area contributed by atoms with Crippen LogP contribution in [0.4, 0.5) is 0 Å². The van der Waals surface area contributed by atoms with Gasteiger partial charge in [0.2, 0.25) is 0 Å². The SMILES string of the molecule is COc1ccc(CN2C(=O)/C(=C/c3cc(Br)ccc3OC)SC2=S)cc1. The molecule has 0 unspecified atom stereocenters. The molecule has 0 bridgehead atoms. The molecule has 26 heavy (non-hydrogen) atoms. The van der Waals surface area contributed by atoms with Crippen molar-refractivity contribution in [3.63, 3.8) is 0 Å². The van der Waals surface area contributed by atoms with Crippen molar-refractivity contribution < 1.29 is 14.3 Å². The fourth-order valence-electron chi connectivity index (χ4n) is 2.51. The molecule has 3 rings (SSSR count). The molecule has 1 aliphatic rings. The highest BCUT2D eigenvalue weighted by Crippen LogP contribution is 2.35. The topological polar surface area (TPSA) is 38.8 Å². The summed E-state index contributed by atoms with van der Waals surface area (Å²) in [5.41, 5.74) is 1.82. The van der Waals surface area contributed by atoms with Crippen LogP contribution in [0.15, 0.2) is 51.8 Å². The zero-order valence-electron chi connectivity index (χ0n) is 14.2. The predicted octanol–water partition coefficient (Wildman–Crippen LogP) is 4.87. The van der Waals surface area contributed by atoms with Crippen molar-refractivity contribution in [3.05, 3.63) is 63.0 Å². The Labute approximate surface area is 170 Å². The highest BCUT2D eigenvalue weighted by atomic mass is 79.9. The molecule has 0 saturated carbocycles. The maximum Gasteiger partial charge on any atom is 0.266 e. The van der Waals surface area contributed by atoms with E-state index in [1.807, 2.05) is 48.5 Å². The number of nitrogens with zero attached hydrogens (tertiary/aromatic N) is 1. The molecule has 134 valence electrons. The molecule has 0 aromatic heterocycles. The first-order valence-electron chi connectivity index (χ1n) is 7.73. The first-order chi connectivity index (χ1) is 12.5. The molecule has 1 fully saturated rings. The van der Waals surface area contributed by atoms with Crippen LogP contribution < -0.4 is 9.47 Å². The molecule has 4 nitrogen and oxygen atoms in total. The van der Waals surface area contributed by atoms with Gasteiger partial charge in [-0.25, -0.2) is 0 Å². The fourth-order valence-corrected chi connectivity index (χ4v) is 4.13. The average molecular weight is 450 g/mol. The lowest BCUT2D eigenvalue weighted by atomic mass is 10.1. The molecule has 2 aromatic rings. The van der Waals surface area contributed by atoms with E-state index in [-0.39, 0.29) is 5.91 Å². The maximum absolute atomic E-state index is 12.8. The quantitative estimate of drug-likeness (QED) is 0.480. The molecule has 0 N–H and O–H groups in total.